The third kappa shape index (κ3) is 4.67. The van der Waals surface area contributed by atoms with Crippen molar-refractivity contribution in [2.75, 3.05) is 6.61 Å². The highest BCUT2D eigenvalue weighted by Crippen LogP contribution is 2.38. The zero-order chi connectivity index (χ0) is 17.3. The van der Waals surface area contributed by atoms with E-state index in [1.165, 1.54) is 0 Å². The topological polar surface area (TPSA) is 203 Å². The van der Waals surface area contributed by atoms with Gasteiger partial charge in [-0.05, 0) is 6.92 Å². The van der Waals surface area contributed by atoms with Crippen molar-refractivity contribution in [2.24, 2.45) is 0 Å². The van der Waals surface area contributed by atoms with Crippen LogP contribution in [0.4, 0.5) is 0 Å². The minimum Gasteiger partial charge on any atom is -0.404 e. The van der Waals surface area contributed by atoms with Gasteiger partial charge < -0.3 is 44.8 Å². The van der Waals surface area contributed by atoms with Crippen LogP contribution in [0.3, 0.4) is 0 Å². The quantitative estimate of drug-likeness (QED) is 0.145. The Morgan fingerprint density at radius 1 is 1.32 bits per heavy atom. The summed E-state index contributed by atoms with van der Waals surface area (Å²) in [7, 11) is -4.94. The first-order chi connectivity index (χ1) is 9.87. The van der Waals surface area contributed by atoms with Crippen LogP contribution in [0.1, 0.15) is 6.92 Å². The lowest BCUT2D eigenvalue weighted by molar-refractivity contribution is -0.434. The summed E-state index contributed by atoms with van der Waals surface area (Å²) in [5.41, 5.74) is 0. The number of esters is 1. The van der Waals surface area contributed by atoms with Gasteiger partial charge in [-0.3, -0.25) is 4.52 Å². The minimum atomic E-state index is -4.94. The van der Waals surface area contributed by atoms with Crippen LogP contribution < -0.4 is 0 Å². The second-order valence-corrected chi connectivity index (χ2v) is 5.84. The summed E-state index contributed by atoms with van der Waals surface area (Å²) in [5, 5.41) is 47.7. The molecule has 22 heavy (non-hydrogen) atoms. The molecular weight excluding hydrogens is 331 g/mol. The summed E-state index contributed by atoms with van der Waals surface area (Å²) in [6.45, 7) is -0.00960. The van der Waals surface area contributed by atoms with Gasteiger partial charge in [0.1, 0.15) is 24.4 Å². The average Bonchev–Trinajstić information content (AvgIpc) is 2.38. The summed E-state index contributed by atoms with van der Waals surface area (Å²) < 4.78 is 23.6. The van der Waals surface area contributed by atoms with Crippen LogP contribution in [0.5, 0.6) is 0 Å². The fourth-order valence-electron chi connectivity index (χ4n) is 1.60. The molecule has 130 valence electrons. The monoisotopic (exact) mass is 348 g/mol. The zero-order valence-corrected chi connectivity index (χ0v) is 12.1. The van der Waals surface area contributed by atoms with Crippen molar-refractivity contribution in [2.45, 2.75) is 43.4 Å². The summed E-state index contributed by atoms with van der Waals surface area (Å²) in [6, 6.07) is 0. The highest BCUT2D eigenvalue weighted by atomic mass is 31.2. The highest BCUT2D eigenvalue weighted by molar-refractivity contribution is 7.46. The Morgan fingerprint density at radius 2 is 1.86 bits per heavy atom. The molecule has 0 spiro atoms. The van der Waals surface area contributed by atoms with Gasteiger partial charge in [-0.15, -0.1) is 0 Å². The van der Waals surface area contributed by atoms with E-state index < -0.39 is 56.9 Å². The van der Waals surface area contributed by atoms with E-state index >= 15 is 0 Å². The molecule has 0 bridgehead atoms. The van der Waals surface area contributed by atoms with E-state index in [2.05, 4.69) is 14.0 Å². The van der Waals surface area contributed by atoms with Crippen molar-refractivity contribution in [1.82, 2.24) is 0 Å². The van der Waals surface area contributed by atoms with Crippen LogP contribution in [-0.4, -0.2) is 84.4 Å². The molecule has 13 heteroatoms. The van der Waals surface area contributed by atoms with Crippen molar-refractivity contribution >= 4 is 13.8 Å². The van der Waals surface area contributed by atoms with Crippen LogP contribution in [0.25, 0.3) is 0 Å². The molecule has 0 aromatic rings. The Hall–Kier alpha value is -0.660. The van der Waals surface area contributed by atoms with Gasteiger partial charge in [0.15, 0.2) is 6.10 Å². The Balaban J connectivity index is 2.89. The molecule has 1 rings (SSSR count). The molecule has 7 N–H and O–H groups in total. The summed E-state index contributed by atoms with van der Waals surface area (Å²) >= 11 is 0. The number of aliphatic hydroxyl groups excluding tert-OH is 4. The molecule has 0 aromatic heterocycles. The van der Waals surface area contributed by atoms with Crippen molar-refractivity contribution in [3.63, 3.8) is 0 Å². The first-order valence-corrected chi connectivity index (χ1v) is 7.46. The molecule has 6 atom stereocenters. The second-order valence-electron chi connectivity index (χ2n) is 4.60. The third-order valence-electron chi connectivity index (χ3n) is 2.74. The van der Waals surface area contributed by atoms with Crippen LogP contribution in [0, 0.1) is 0 Å². The van der Waals surface area contributed by atoms with Gasteiger partial charge in [0, 0.05) is 0 Å². The lowest BCUT2D eigenvalue weighted by atomic mass is 9.98. The average molecular weight is 348 g/mol. The number of hydrogen-bond donors (Lipinski definition) is 7. The van der Waals surface area contributed by atoms with Gasteiger partial charge in [-0.25, -0.2) is 9.36 Å². The van der Waals surface area contributed by atoms with E-state index in [9.17, 15) is 29.8 Å². The van der Waals surface area contributed by atoms with Gasteiger partial charge in [0.25, 0.3) is 0 Å². The summed E-state index contributed by atoms with van der Waals surface area (Å²) in [5.74, 6) is -4.57. The number of carbonyl (C=O) groups excluding carboxylic acids is 1. The van der Waals surface area contributed by atoms with E-state index in [0.29, 0.717) is 0 Å². The van der Waals surface area contributed by atoms with Gasteiger partial charge in [-0.2, -0.15) is 0 Å². The maximum atomic E-state index is 11.3. The predicted octanol–water partition coefficient (Wildman–Crippen LogP) is -3.85. The van der Waals surface area contributed by atoms with E-state index in [0.717, 1.165) is 6.92 Å². The predicted molar refractivity (Wildman–Crippen MR) is 63.6 cm³/mol. The summed E-state index contributed by atoms with van der Waals surface area (Å²) in [6.07, 6.45) is -9.76. The standard InChI is InChI=1S/C9H17O12P/c1-3(10)8(14)21-9(15)7(13)6(12)5(11)4(20-9)2-19-22(16,17)18/h3-7,10-13,15H,2H2,1H3,(H2,16,17,18)/t3?,4-,5-,6+,7-,9+/m1/s1. The second kappa shape index (κ2) is 6.84. The molecule has 1 aliphatic heterocycles. The van der Waals surface area contributed by atoms with Crippen molar-refractivity contribution in [3.05, 3.63) is 0 Å². The molecule has 1 fully saturated rings. The first kappa shape index (κ1) is 19.4. The fraction of sp³-hybridized carbons (Fsp3) is 0.889. The van der Waals surface area contributed by atoms with E-state index in [1.807, 2.05) is 0 Å². The van der Waals surface area contributed by atoms with Crippen LogP contribution in [-0.2, 0) is 23.4 Å². The SMILES string of the molecule is CC(O)C(=O)O[C@@]1(O)O[C@H](COP(=O)(O)O)[C@@H](O)[C@H](O)[C@H]1O. The molecule has 1 aliphatic rings. The van der Waals surface area contributed by atoms with Gasteiger partial charge in [0.05, 0.1) is 6.61 Å². The molecule has 1 saturated heterocycles. The largest absolute Gasteiger partial charge is 0.469 e. The van der Waals surface area contributed by atoms with Gasteiger partial charge in [-0.1, -0.05) is 0 Å². The number of carbonyl (C=O) groups is 1. The number of hydrogen-bond acceptors (Lipinski definition) is 10. The number of phosphoric acid groups is 1. The molecule has 1 unspecified atom stereocenters. The molecular formula is C9H17O12P. The smallest absolute Gasteiger partial charge is 0.404 e. The number of phosphoric ester groups is 1. The molecule has 0 aliphatic carbocycles. The van der Waals surface area contributed by atoms with Gasteiger partial charge >= 0.3 is 19.8 Å². The maximum Gasteiger partial charge on any atom is 0.469 e. The van der Waals surface area contributed by atoms with Crippen molar-refractivity contribution in [3.8, 4) is 0 Å². The Morgan fingerprint density at radius 3 is 2.32 bits per heavy atom. The van der Waals surface area contributed by atoms with E-state index in [4.69, 9.17) is 14.9 Å². The number of rotatable bonds is 5. The van der Waals surface area contributed by atoms with E-state index in [1.54, 1.807) is 0 Å². The molecule has 0 amide bonds. The summed E-state index contributed by atoms with van der Waals surface area (Å²) in [4.78, 5) is 28.4. The van der Waals surface area contributed by atoms with Crippen LogP contribution >= 0.6 is 7.82 Å². The van der Waals surface area contributed by atoms with Gasteiger partial charge in [0.2, 0.25) is 0 Å². The Labute approximate surface area is 123 Å². The first-order valence-electron chi connectivity index (χ1n) is 5.93. The Kier molecular flexibility index (Phi) is 6.03. The Bertz CT molecular complexity index is 448. The zero-order valence-electron chi connectivity index (χ0n) is 11.2. The lowest BCUT2D eigenvalue weighted by Crippen LogP contribution is -2.67. The van der Waals surface area contributed by atoms with E-state index in [-0.39, 0.29) is 0 Å². The molecule has 1 heterocycles. The molecule has 0 aromatic carbocycles. The molecule has 0 radical (unpaired) electrons. The highest BCUT2D eigenvalue weighted by Gasteiger charge is 2.56. The maximum absolute atomic E-state index is 11.3. The fourth-order valence-corrected chi connectivity index (χ4v) is 1.94. The lowest BCUT2D eigenvalue weighted by Gasteiger charge is -2.44. The molecule has 0 saturated carbocycles. The third-order valence-corrected chi connectivity index (χ3v) is 3.23. The minimum absolute atomic E-state index is 0.987. The number of aliphatic hydroxyl groups is 5. The van der Waals surface area contributed by atoms with Crippen LogP contribution in [0.2, 0.25) is 0 Å². The van der Waals surface area contributed by atoms with Crippen molar-refractivity contribution in [1.29, 1.82) is 0 Å². The van der Waals surface area contributed by atoms with Crippen LogP contribution in [0.15, 0.2) is 0 Å². The number of ether oxygens (including phenoxy) is 2. The normalized spacial score (nSPS) is 37.6. The molecule has 12 nitrogen and oxygen atoms in total. The van der Waals surface area contributed by atoms with Crippen molar-refractivity contribution < 1.29 is 58.7 Å².